The van der Waals surface area contributed by atoms with Crippen molar-refractivity contribution in [3.8, 4) is 11.5 Å². The third-order valence-electron chi connectivity index (χ3n) is 6.87. The second-order valence-corrected chi connectivity index (χ2v) is 10.3. The summed E-state index contributed by atoms with van der Waals surface area (Å²) in [6, 6.07) is 11.5. The molecule has 4 rings (SSSR count). The van der Waals surface area contributed by atoms with Crippen LogP contribution in [0.2, 0.25) is 0 Å². The number of aryl methyl sites for hydroxylation is 2. The van der Waals surface area contributed by atoms with E-state index in [9.17, 15) is 9.59 Å². The van der Waals surface area contributed by atoms with Gasteiger partial charge in [0.15, 0.2) is 16.7 Å². The van der Waals surface area contributed by atoms with E-state index in [1.165, 1.54) is 18.9 Å². The number of carbonyl (C=O) groups excluding carboxylic acids is 2. The van der Waals surface area contributed by atoms with E-state index < -0.39 is 12.0 Å². The standard InChI is InChI=1S/C30H35N3O5S/c1-7-23-27(29(35)38-6)28(22-10-8-18(2)14-19(22)3)33-21(17-39-30(33)32-23)16-26(34)31-13-12-20-9-11-24(36-4)25(15-20)37-5/h8-11,14-15,17,28H,7,12-13,16H2,1-6H3,(H,31,34)/t28-/m1/s1. The molecule has 0 radical (unpaired) electrons. The molecule has 2 aliphatic heterocycles. The Bertz CT molecular complexity index is 1360. The Balaban J connectivity index is 1.54. The van der Waals surface area contributed by atoms with Gasteiger partial charge >= 0.3 is 5.97 Å². The number of methoxy groups -OCH3 is 3. The number of amides is 1. The van der Waals surface area contributed by atoms with Crippen molar-refractivity contribution in [2.24, 2.45) is 4.99 Å². The molecule has 0 aliphatic carbocycles. The number of carbonyl (C=O) groups is 2. The van der Waals surface area contributed by atoms with Crippen LogP contribution in [0.25, 0.3) is 0 Å². The van der Waals surface area contributed by atoms with E-state index >= 15 is 0 Å². The average molecular weight is 550 g/mol. The van der Waals surface area contributed by atoms with Crippen molar-refractivity contribution in [2.45, 2.75) is 46.1 Å². The fourth-order valence-electron chi connectivity index (χ4n) is 4.95. The minimum absolute atomic E-state index is 0.104. The Kier molecular flexibility index (Phi) is 9.01. The lowest BCUT2D eigenvalue weighted by Gasteiger charge is -2.37. The van der Waals surface area contributed by atoms with Crippen molar-refractivity contribution in [1.82, 2.24) is 10.2 Å². The van der Waals surface area contributed by atoms with Crippen molar-refractivity contribution in [3.63, 3.8) is 0 Å². The fraction of sp³-hybridized carbons (Fsp3) is 0.367. The molecule has 2 aliphatic rings. The molecule has 0 saturated carbocycles. The molecule has 2 aromatic carbocycles. The molecule has 8 nitrogen and oxygen atoms in total. The first-order valence-electron chi connectivity index (χ1n) is 12.9. The van der Waals surface area contributed by atoms with Crippen LogP contribution in [0.5, 0.6) is 11.5 Å². The van der Waals surface area contributed by atoms with Gasteiger partial charge in [0, 0.05) is 12.2 Å². The lowest BCUT2D eigenvalue weighted by molar-refractivity contribution is -0.136. The number of ether oxygens (including phenoxy) is 3. The predicted molar refractivity (Wildman–Crippen MR) is 154 cm³/mol. The number of thioether (sulfide) groups is 1. The zero-order valence-corrected chi connectivity index (χ0v) is 24.1. The Hall–Kier alpha value is -3.72. The van der Waals surface area contributed by atoms with E-state index in [1.54, 1.807) is 14.2 Å². The molecule has 0 fully saturated rings. The molecule has 206 valence electrons. The van der Waals surface area contributed by atoms with Gasteiger partial charge < -0.3 is 24.4 Å². The van der Waals surface area contributed by atoms with Gasteiger partial charge in [0.05, 0.1) is 45.1 Å². The number of hydrogen-bond acceptors (Lipinski definition) is 8. The Morgan fingerprint density at radius 3 is 2.49 bits per heavy atom. The van der Waals surface area contributed by atoms with E-state index in [4.69, 9.17) is 19.2 Å². The van der Waals surface area contributed by atoms with Crippen LogP contribution in [0, 0.1) is 13.8 Å². The van der Waals surface area contributed by atoms with Gasteiger partial charge in [-0.1, -0.05) is 48.5 Å². The van der Waals surface area contributed by atoms with Crippen molar-refractivity contribution >= 4 is 28.8 Å². The molecule has 0 aromatic heterocycles. The van der Waals surface area contributed by atoms with Crippen LogP contribution < -0.4 is 14.8 Å². The maximum atomic E-state index is 13.1. The smallest absolute Gasteiger partial charge is 0.338 e. The summed E-state index contributed by atoms with van der Waals surface area (Å²) in [5.41, 5.74) is 6.24. The molecule has 2 aromatic rings. The predicted octanol–water partition coefficient (Wildman–Crippen LogP) is 5.21. The lowest BCUT2D eigenvalue weighted by Crippen LogP contribution is -2.38. The summed E-state index contributed by atoms with van der Waals surface area (Å²) in [4.78, 5) is 33.0. The highest BCUT2D eigenvalue weighted by atomic mass is 32.2. The first-order valence-corrected chi connectivity index (χ1v) is 13.8. The zero-order chi connectivity index (χ0) is 28.1. The number of allylic oxidation sites excluding steroid dienone is 1. The Labute approximate surface area is 234 Å². The van der Waals surface area contributed by atoms with Gasteiger partial charge in [-0.2, -0.15) is 0 Å². The first kappa shape index (κ1) is 28.3. The SMILES string of the molecule is CCC1=C(C(=O)OC)[C@@H](c2ccc(C)cc2C)N2C(CC(=O)NCCc3ccc(OC)c(OC)c3)=CSC2=N1. The number of rotatable bonds is 10. The number of fused-ring (bicyclic) bond motifs is 1. The highest BCUT2D eigenvalue weighted by molar-refractivity contribution is 8.16. The van der Waals surface area contributed by atoms with E-state index in [0.29, 0.717) is 42.2 Å². The van der Waals surface area contributed by atoms with Crippen LogP contribution in [-0.4, -0.2) is 49.8 Å². The maximum absolute atomic E-state index is 13.1. The number of amidine groups is 1. The lowest BCUT2D eigenvalue weighted by atomic mass is 9.89. The molecular formula is C30H35N3O5S. The molecule has 9 heteroatoms. The number of nitrogens with zero attached hydrogens (tertiary/aromatic N) is 2. The summed E-state index contributed by atoms with van der Waals surface area (Å²) >= 11 is 1.47. The van der Waals surface area contributed by atoms with Crippen LogP contribution in [-0.2, 0) is 20.7 Å². The fourth-order valence-corrected chi connectivity index (χ4v) is 5.89. The van der Waals surface area contributed by atoms with Gasteiger partial charge in [-0.05, 0) is 60.9 Å². The van der Waals surface area contributed by atoms with Gasteiger partial charge in [0.25, 0.3) is 0 Å². The molecule has 0 unspecified atom stereocenters. The van der Waals surface area contributed by atoms with E-state index in [1.807, 2.05) is 55.3 Å². The summed E-state index contributed by atoms with van der Waals surface area (Å²) < 4.78 is 15.9. The molecular weight excluding hydrogens is 514 g/mol. The summed E-state index contributed by atoms with van der Waals surface area (Å²) in [7, 11) is 4.59. The van der Waals surface area contributed by atoms with Crippen LogP contribution in [0.3, 0.4) is 0 Å². The molecule has 1 N–H and O–H groups in total. The highest BCUT2D eigenvalue weighted by Gasteiger charge is 2.42. The number of hydrogen-bond donors (Lipinski definition) is 1. The van der Waals surface area contributed by atoms with Crippen LogP contribution in [0.4, 0.5) is 0 Å². The van der Waals surface area contributed by atoms with Gasteiger partial charge in [0.1, 0.15) is 0 Å². The van der Waals surface area contributed by atoms with Crippen LogP contribution >= 0.6 is 11.8 Å². The highest BCUT2D eigenvalue weighted by Crippen LogP contribution is 2.46. The van der Waals surface area contributed by atoms with Gasteiger partial charge in [-0.3, -0.25) is 4.79 Å². The van der Waals surface area contributed by atoms with E-state index in [-0.39, 0.29) is 12.3 Å². The Morgan fingerprint density at radius 2 is 1.82 bits per heavy atom. The molecule has 0 spiro atoms. The van der Waals surface area contributed by atoms with Gasteiger partial charge in [0.2, 0.25) is 5.91 Å². The van der Waals surface area contributed by atoms with Crippen molar-refractivity contribution < 1.29 is 23.8 Å². The number of aliphatic imine (C=N–C) groups is 1. The average Bonchev–Trinajstić information content (AvgIpc) is 3.33. The quantitative estimate of drug-likeness (QED) is 0.407. The molecule has 1 amide bonds. The minimum Gasteiger partial charge on any atom is -0.493 e. The monoisotopic (exact) mass is 549 g/mol. The number of benzene rings is 2. The van der Waals surface area contributed by atoms with Crippen molar-refractivity contribution in [3.05, 3.63) is 81.0 Å². The normalized spacial score (nSPS) is 16.4. The molecule has 2 heterocycles. The molecule has 1 atom stereocenters. The van der Waals surface area contributed by atoms with Crippen LogP contribution in [0.15, 0.2) is 63.8 Å². The van der Waals surface area contributed by atoms with Gasteiger partial charge in [-0.15, -0.1) is 0 Å². The minimum atomic E-state index is -0.429. The van der Waals surface area contributed by atoms with E-state index in [2.05, 4.69) is 17.4 Å². The second kappa shape index (κ2) is 12.4. The molecule has 0 saturated heterocycles. The summed E-state index contributed by atoms with van der Waals surface area (Å²) in [6.07, 6.45) is 1.40. The number of nitrogens with one attached hydrogen (secondary N) is 1. The molecule has 0 bridgehead atoms. The van der Waals surface area contributed by atoms with Crippen molar-refractivity contribution in [2.75, 3.05) is 27.9 Å². The summed E-state index contributed by atoms with van der Waals surface area (Å²) in [5, 5.41) is 5.74. The summed E-state index contributed by atoms with van der Waals surface area (Å²) in [6.45, 7) is 6.55. The third kappa shape index (κ3) is 5.98. The maximum Gasteiger partial charge on any atom is 0.338 e. The van der Waals surface area contributed by atoms with Crippen LogP contribution in [0.1, 0.15) is 48.1 Å². The zero-order valence-electron chi connectivity index (χ0n) is 23.3. The second-order valence-electron chi connectivity index (χ2n) is 9.43. The topological polar surface area (TPSA) is 89.5 Å². The Morgan fingerprint density at radius 1 is 1.05 bits per heavy atom. The van der Waals surface area contributed by atoms with E-state index in [0.717, 1.165) is 33.1 Å². The first-order chi connectivity index (χ1) is 18.8. The molecule has 39 heavy (non-hydrogen) atoms. The summed E-state index contributed by atoms with van der Waals surface area (Å²) in [5.74, 6) is 0.813. The van der Waals surface area contributed by atoms with Gasteiger partial charge in [-0.25, -0.2) is 9.79 Å². The van der Waals surface area contributed by atoms with Crippen molar-refractivity contribution in [1.29, 1.82) is 0 Å². The largest absolute Gasteiger partial charge is 0.493 e. The number of esters is 1. The third-order valence-corrected chi connectivity index (χ3v) is 7.76.